The number of benzene rings is 1. The number of hydrogen-bond acceptors (Lipinski definition) is 6. The van der Waals surface area contributed by atoms with Gasteiger partial charge in [-0.2, -0.15) is 0 Å². The van der Waals surface area contributed by atoms with Crippen LogP contribution in [0.1, 0.15) is 47.7 Å². The van der Waals surface area contributed by atoms with Crippen molar-refractivity contribution in [3.63, 3.8) is 0 Å². The highest BCUT2D eigenvalue weighted by Gasteiger charge is 2.37. The van der Waals surface area contributed by atoms with Crippen molar-refractivity contribution < 1.29 is 34.2 Å². The van der Waals surface area contributed by atoms with Crippen molar-refractivity contribution >= 4 is 30.0 Å². The lowest BCUT2D eigenvalue weighted by molar-refractivity contribution is -0.141. The molecule has 1 heterocycles. The molecule has 1 aromatic rings. The average molecular weight is 433 g/mol. The van der Waals surface area contributed by atoms with Crippen LogP contribution in [0.15, 0.2) is 12.1 Å². The minimum atomic E-state index is -1.23. The van der Waals surface area contributed by atoms with E-state index >= 15 is 0 Å². The average Bonchev–Trinajstić information content (AvgIpc) is 3.19. The SMILES string of the molecule is Cc1cc(C(=O)N[C@@H](C)C(=O)N2CCC[C@H]2C(=O)N[C@H](C=O)CC(=O)O)cc(C)c1O. The first kappa shape index (κ1) is 23.8. The maximum Gasteiger partial charge on any atom is 0.305 e. The summed E-state index contributed by atoms with van der Waals surface area (Å²) in [6.07, 6.45) is 0.726. The number of nitrogens with one attached hydrogen (secondary N) is 2. The van der Waals surface area contributed by atoms with Crippen LogP contribution < -0.4 is 10.6 Å². The summed E-state index contributed by atoms with van der Waals surface area (Å²) in [6.45, 7) is 5.14. The Labute approximate surface area is 179 Å². The van der Waals surface area contributed by atoms with Crippen molar-refractivity contribution in [2.75, 3.05) is 6.54 Å². The molecule has 1 fully saturated rings. The van der Waals surface area contributed by atoms with E-state index in [9.17, 15) is 29.1 Å². The van der Waals surface area contributed by atoms with E-state index in [1.807, 2.05) is 0 Å². The number of carbonyl (C=O) groups is 5. The number of phenols is 1. The summed E-state index contributed by atoms with van der Waals surface area (Å²) < 4.78 is 0. The molecule has 10 nitrogen and oxygen atoms in total. The lowest BCUT2D eigenvalue weighted by Gasteiger charge is -2.28. The van der Waals surface area contributed by atoms with Crippen molar-refractivity contribution in [2.24, 2.45) is 0 Å². The highest BCUT2D eigenvalue weighted by atomic mass is 16.4. The largest absolute Gasteiger partial charge is 0.507 e. The van der Waals surface area contributed by atoms with Crippen LogP contribution in [0.2, 0.25) is 0 Å². The monoisotopic (exact) mass is 433 g/mol. The second-order valence-corrected chi connectivity index (χ2v) is 7.69. The van der Waals surface area contributed by atoms with E-state index in [1.165, 1.54) is 24.0 Å². The zero-order chi connectivity index (χ0) is 23.3. The second kappa shape index (κ2) is 10.1. The molecule has 0 saturated carbocycles. The Morgan fingerprint density at radius 2 is 1.81 bits per heavy atom. The molecule has 0 bridgehead atoms. The van der Waals surface area contributed by atoms with E-state index in [1.54, 1.807) is 13.8 Å². The first-order valence-corrected chi connectivity index (χ1v) is 9.94. The molecule has 3 atom stereocenters. The fourth-order valence-electron chi connectivity index (χ4n) is 3.58. The summed E-state index contributed by atoms with van der Waals surface area (Å²) >= 11 is 0. The van der Waals surface area contributed by atoms with Gasteiger partial charge in [-0.3, -0.25) is 19.2 Å². The molecular weight excluding hydrogens is 406 g/mol. The molecule has 1 aliphatic rings. The molecule has 0 unspecified atom stereocenters. The Morgan fingerprint density at radius 3 is 2.35 bits per heavy atom. The molecule has 2 rings (SSSR count). The minimum absolute atomic E-state index is 0.100. The number of carbonyl (C=O) groups excluding carboxylic acids is 4. The topological polar surface area (TPSA) is 153 Å². The van der Waals surface area contributed by atoms with Gasteiger partial charge in [-0.25, -0.2) is 0 Å². The van der Waals surface area contributed by atoms with E-state index in [0.29, 0.717) is 42.4 Å². The molecule has 0 aromatic heterocycles. The van der Waals surface area contributed by atoms with Gasteiger partial charge in [0.2, 0.25) is 11.8 Å². The molecule has 1 aliphatic heterocycles. The lowest BCUT2D eigenvalue weighted by Crippen LogP contribution is -2.54. The van der Waals surface area contributed by atoms with Gasteiger partial charge < -0.3 is 30.5 Å². The van der Waals surface area contributed by atoms with Crippen LogP contribution in [0.4, 0.5) is 0 Å². The Hall–Kier alpha value is -3.43. The molecule has 1 saturated heterocycles. The van der Waals surface area contributed by atoms with Crippen LogP contribution >= 0.6 is 0 Å². The van der Waals surface area contributed by atoms with Crippen molar-refractivity contribution in [2.45, 2.75) is 58.2 Å². The predicted molar refractivity (Wildman–Crippen MR) is 109 cm³/mol. The van der Waals surface area contributed by atoms with E-state index in [4.69, 9.17) is 5.11 Å². The van der Waals surface area contributed by atoms with Crippen LogP contribution in [0.3, 0.4) is 0 Å². The number of aliphatic carboxylic acids is 1. The number of nitrogens with zero attached hydrogens (tertiary/aromatic N) is 1. The van der Waals surface area contributed by atoms with Gasteiger partial charge in [-0.1, -0.05) is 0 Å². The van der Waals surface area contributed by atoms with E-state index in [2.05, 4.69) is 10.6 Å². The molecule has 0 radical (unpaired) electrons. The first-order valence-electron chi connectivity index (χ1n) is 9.94. The quantitative estimate of drug-likeness (QED) is 0.429. The summed E-state index contributed by atoms with van der Waals surface area (Å²) in [7, 11) is 0. The second-order valence-electron chi connectivity index (χ2n) is 7.69. The number of likely N-dealkylation sites (tertiary alicyclic amines) is 1. The molecule has 0 aliphatic carbocycles. The summed E-state index contributed by atoms with van der Waals surface area (Å²) in [6, 6.07) is 0.0875. The molecule has 0 spiro atoms. The zero-order valence-electron chi connectivity index (χ0n) is 17.7. The Balaban J connectivity index is 2.05. The number of aldehydes is 1. The molecule has 10 heteroatoms. The van der Waals surface area contributed by atoms with E-state index in [0.717, 1.165) is 0 Å². The number of amides is 3. The Kier molecular flexibility index (Phi) is 7.73. The Morgan fingerprint density at radius 1 is 1.19 bits per heavy atom. The molecule has 1 aromatic carbocycles. The normalized spacial score (nSPS) is 17.5. The van der Waals surface area contributed by atoms with Crippen LogP contribution in [0, 0.1) is 13.8 Å². The van der Waals surface area contributed by atoms with Crippen LogP contribution in [0.25, 0.3) is 0 Å². The molecule has 168 valence electrons. The number of phenolic OH excluding ortho intramolecular Hbond substituents is 1. The van der Waals surface area contributed by atoms with Crippen molar-refractivity contribution in [3.05, 3.63) is 28.8 Å². The standard InChI is InChI=1S/C21H27N3O7/c1-11-7-14(8-12(2)18(11)28)19(29)22-13(3)21(31)24-6-4-5-16(24)20(30)23-15(10-25)9-17(26)27/h7-8,10,13,15-16,28H,4-6,9H2,1-3H3,(H,22,29)(H,23,30)(H,26,27)/t13-,15-,16-/m0/s1. The number of carboxylic acids is 1. The lowest BCUT2D eigenvalue weighted by atomic mass is 10.0. The van der Waals surface area contributed by atoms with Crippen LogP contribution in [-0.2, 0) is 19.2 Å². The van der Waals surface area contributed by atoms with Gasteiger partial charge in [0.05, 0.1) is 12.5 Å². The number of aryl methyl sites for hydroxylation is 2. The summed E-state index contributed by atoms with van der Waals surface area (Å²) in [5.74, 6) is -2.68. The fraction of sp³-hybridized carbons (Fsp3) is 0.476. The minimum Gasteiger partial charge on any atom is -0.507 e. The van der Waals surface area contributed by atoms with E-state index in [-0.39, 0.29) is 5.75 Å². The van der Waals surface area contributed by atoms with Gasteiger partial charge in [-0.05, 0) is 56.9 Å². The molecule has 4 N–H and O–H groups in total. The smallest absolute Gasteiger partial charge is 0.305 e. The molecule has 31 heavy (non-hydrogen) atoms. The fourth-order valence-corrected chi connectivity index (χ4v) is 3.58. The summed E-state index contributed by atoms with van der Waals surface area (Å²) in [4.78, 5) is 61.1. The number of hydrogen-bond donors (Lipinski definition) is 4. The van der Waals surface area contributed by atoms with E-state index < -0.39 is 48.2 Å². The predicted octanol–water partition coefficient (Wildman–Crippen LogP) is 0.277. The van der Waals surface area contributed by atoms with Crippen molar-refractivity contribution in [3.8, 4) is 5.75 Å². The van der Waals surface area contributed by atoms with Gasteiger partial charge in [0.1, 0.15) is 24.1 Å². The van der Waals surface area contributed by atoms with Gasteiger partial charge in [-0.15, -0.1) is 0 Å². The first-order chi connectivity index (χ1) is 14.5. The number of aromatic hydroxyl groups is 1. The maximum atomic E-state index is 12.9. The number of rotatable bonds is 8. The van der Waals surface area contributed by atoms with Gasteiger partial charge >= 0.3 is 5.97 Å². The Bertz CT molecular complexity index is 876. The highest BCUT2D eigenvalue weighted by molar-refractivity contribution is 5.99. The van der Waals surface area contributed by atoms with Crippen molar-refractivity contribution in [1.29, 1.82) is 0 Å². The third-order valence-electron chi connectivity index (χ3n) is 5.20. The van der Waals surface area contributed by atoms with Crippen molar-refractivity contribution in [1.82, 2.24) is 15.5 Å². The van der Waals surface area contributed by atoms with Crippen LogP contribution in [-0.4, -0.2) is 69.8 Å². The van der Waals surface area contributed by atoms with Gasteiger partial charge in [0.15, 0.2) is 0 Å². The summed E-state index contributed by atoms with van der Waals surface area (Å²) in [5, 5.41) is 23.6. The highest BCUT2D eigenvalue weighted by Crippen LogP contribution is 2.23. The maximum absolute atomic E-state index is 12.9. The molecular formula is C21H27N3O7. The third kappa shape index (κ3) is 5.80. The van der Waals surface area contributed by atoms with Crippen LogP contribution in [0.5, 0.6) is 5.75 Å². The number of carboxylic acid groups (broad SMARTS) is 1. The van der Waals surface area contributed by atoms with Gasteiger partial charge in [0.25, 0.3) is 5.91 Å². The molecule has 3 amide bonds. The van der Waals surface area contributed by atoms with Gasteiger partial charge in [0, 0.05) is 12.1 Å². The summed E-state index contributed by atoms with van der Waals surface area (Å²) in [5.41, 5.74) is 1.36. The zero-order valence-corrected chi connectivity index (χ0v) is 17.7. The third-order valence-corrected chi connectivity index (χ3v) is 5.20.